The summed E-state index contributed by atoms with van der Waals surface area (Å²) >= 11 is 4.99. The van der Waals surface area contributed by atoms with Gasteiger partial charge in [0.15, 0.2) is 0 Å². The van der Waals surface area contributed by atoms with E-state index in [0.717, 1.165) is 15.7 Å². The highest BCUT2D eigenvalue weighted by Gasteiger charge is 2.09. The van der Waals surface area contributed by atoms with Crippen molar-refractivity contribution in [3.8, 4) is 0 Å². The molecule has 80 valence electrons. The Labute approximate surface area is 107 Å². The minimum Gasteiger partial charge on any atom is -0.319 e. The van der Waals surface area contributed by atoms with E-state index in [1.807, 2.05) is 29.0 Å². The summed E-state index contributed by atoms with van der Waals surface area (Å²) in [5.41, 5.74) is 8.05. The molecule has 0 aliphatic carbocycles. The molecule has 0 fully saturated rings. The van der Waals surface area contributed by atoms with Crippen molar-refractivity contribution in [3.63, 3.8) is 0 Å². The molecule has 1 atom stereocenters. The predicted molar refractivity (Wildman–Crippen MR) is 69.5 cm³/mol. The molecule has 0 saturated carbocycles. The van der Waals surface area contributed by atoms with Gasteiger partial charge in [0.1, 0.15) is 0 Å². The van der Waals surface area contributed by atoms with Crippen LogP contribution in [0, 0.1) is 0 Å². The van der Waals surface area contributed by atoms with Crippen molar-refractivity contribution >= 4 is 39.7 Å². The predicted octanol–water partition coefficient (Wildman–Crippen LogP) is 3.38. The Morgan fingerprint density at radius 3 is 2.67 bits per heavy atom. The Hall–Kier alpha value is -0.420. The maximum Gasteiger partial charge on any atom is 0.0734 e. The lowest BCUT2D eigenvalue weighted by molar-refractivity contribution is 0.832. The molecule has 2 aromatic heterocycles. The average molecular weight is 306 g/mol. The maximum absolute atomic E-state index is 6.04. The number of thiophene rings is 1. The zero-order chi connectivity index (χ0) is 9.97. The molecule has 2 aromatic rings. The monoisotopic (exact) mass is 304 g/mol. The van der Waals surface area contributed by atoms with Crippen LogP contribution in [0.2, 0.25) is 0 Å². The zero-order valence-corrected chi connectivity index (χ0v) is 11.0. The third-order valence-electron chi connectivity index (χ3n) is 1.97. The Kier molecular flexibility index (Phi) is 4.73. The van der Waals surface area contributed by atoms with E-state index in [9.17, 15) is 0 Å². The van der Waals surface area contributed by atoms with Gasteiger partial charge in [0, 0.05) is 10.7 Å². The highest BCUT2D eigenvalue weighted by atomic mass is 79.9. The largest absolute Gasteiger partial charge is 0.319 e. The van der Waals surface area contributed by atoms with Gasteiger partial charge in [-0.3, -0.25) is 4.98 Å². The van der Waals surface area contributed by atoms with Gasteiger partial charge in [-0.2, -0.15) is 11.3 Å². The SMILES string of the molecule is Cl.N[C@H](c1ccsc1)c1ccc(Br)cn1. The van der Waals surface area contributed by atoms with E-state index in [0.29, 0.717) is 0 Å². The number of hydrogen-bond acceptors (Lipinski definition) is 3. The lowest BCUT2D eigenvalue weighted by Gasteiger charge is -2.08. The molecule has 0 aliphatic heterocycles. The van der Waals surface area contributed by atoms with E-state index < -0.39 is 0 Å². The topological polar surface area (TPSA) is 38.9 Å². The Balaban J connectivity index is 0.00000112. The van der Waals surface area contributed by atoms with Crippen molar-refractivity contribution in [1.82, 2.24) is 4.98 Å². The number of nitrogens with two attached hydrogens (primary N) is 1. The Morgan fingerprint density at radius 1 is 1.33 bits per heavy atom. The minimum absolute atomic E-state index is 0. The smallest absolute Gasteiger partial charge is 0.0734 e. The molecule has 0 saturated heterocycles. The molecule has 5 heteroatoms. The molecule has 2 nitrogen and oxygen atoms in total. The van der Waals surface area contributed by atoms with E-state index in [2.05, 4.69) is 20.9 Å². The summed E-state index contributed by atoms with van der Waals surface area (Å²) in [6, 6.07) is 5.80. The molecule has 2 heterocycles. The summed E-state index contributed by atoms with van der Waals surface area (Å²) in [6.45, 7) is 0. The van der Waals surface area contributed by atoms with Crippen molar-refractivity contribution in [2.24, 2.45) is 5.73 Å². The van der Waals surface area contributed by atoms with Gasteiger partial charge >= 0.3 is 0 Å². The summed E-state index contributed by atoms with van der Waals surface area (Å²) in [5.74, 6) is 0. The van der Waals surface area contributed by atoms with Crippen molar-refractivity contribution in [2.45, 2.75) is 6.04 Å². The van der Waals surface area contributed by atoms with Gasteiger partial charge in [-0.1, -0.05) is 0 Å². The Bertz CT molecular complexity index is 402. The first-order valence-corrected chi connectivity index (χ1v) is 5.90. The molecule has 0 radical (unpaired) electrons. The van der Waals surface area contributed by atoms with E-state index >= 15 is 0 Å². The minimum atomic E-state index is -0.116. The van der Waals surface area contributed by atoms with Gasteiger partial charge in [-0.25, -0.2) is 0 Å². The van der Waals surface area contributed by atoms with Crippen LogP contribution in [0.4, 0.5) is 0 Å². The summed E-state index contributed by atoms with van der Waals surface area (Å²) in [5, 5.41) is 4.07. The summed E-state index contributed by atoms with van der Waals surface area (Å²) in [6.07, 6.45) is 1.77. The molecule has 0 aromatic carbocycles. The third kappa shape index (κ3) is 3.01. The quantitative estimate of drug-likeness (QED) is 0.924. The lowest BCUT2D eigenvalue weighted by atomic mass is 10.1. The average Bonchev–Trinajstić information content (AvgIpc) is 2.71. The molecular formula is C10H10BrClN2S. The molecule has 0 unspecified atom stereocenters. The van der Waals surface area contributed by atoms with E-state index in [1.165, 1.54) is 0 Å². The normalized spacial score (nSPS) is 11.9. The molecule has 0 spiro atoms. The first-order chi connectivity index (χ1) is 6.77. The first-order valence-electron chi connectivity index (χ1n) is 4.16. The van der Waals surface area contributed by atoms with Crippen LogP contribution in [0.3, 0.4) is 0 Å². The van der Waals surface area contributed by atoms with Crippen molar-refractivity contribution in [1.29, 1.82) is 0 Å². The molecule has 2 N–H and O–H groups in total. The van der Waals surface area contributed by atoms with Crippen LogP contribution >= 0.6 is 39.7 Å². The summed E-state index contributed by atoms with van der Waals surface area (Å²) in [4.78, 5) is 4.27. The van der Waals surface area contributed by atoms with E-state index in [4.69, 9.17) is 5.73 Å². The first kappa shape index (κ1) is 12.6. The fourth-order valence-corrected chi connectivity index (χ4v) is 2.13. The fraction of sp³-hybridized carbons (Fsp3) is 0.100. The molecule has 0 aliphatic rings. The molecule has 0 bridgehead atoms. The number of halogens is 2. The molecule has 2 rings (SSSR count). The van der Waals surface area contributed by atoms with E-state index in [-0.39, 0.29) is 18.4 Å². The maximum atomic E-state index is 6.04. The number of nitrogens with zero attached hydrogens (tertiary/aromatic N) is 1. The van der Waals surface area contributed by atoms with Crippen molar-refractivity contribution in [2.75, 3.05) is 0 Å². The zero-order valence-electron chi connectivity index (χ0n) is 7.76. The number of rotatable bonds is 2. The van der Waals surface area contributed by atoms with Crippen LogP contribution in [0.25, 0.3) is 0 Å². The fourth-order valence-electron chi connectivity index (χ4n) is 1.19. The van der Waals surface area contributed by atoms with Crippen LogP contribution < -0.4 is 5.73 Å². The molecular weight excluding hydrogens is 296 g/mol. The van der Waals surface area contributed by atoms with Gasteiger partial charge in [-0.05, 0) is 50.5 Å². The van der Waals surface area contributed by atoms with Gasteiger partial charge < -0.3 is 5.73 Å². The second-order valence-corrected chi connectivity index (χ2v) is 4.63. The van der Waals surface area contributed by atoms with Crippen LogP contribution in [-0.2, 0) is 0 Å². The van der Waals surface area contributed by atoms with Gasteiger partial charge in [0.05, 0.1) is 11.7 Å². The summed E-state index contributed by atoms with van der Waals surface area (Å²) in [7, 11) is 0. The van der Waals surface area contributed by atoms with E-state index in [1.54, 1.807) is 17.5 Å². The standard InChI is InChI=1S/C10H9BrN2S.ClH/c11-8-1-2-9(13-5-8)10(12)7-3-4-14-6-7;/h1-6,10H,12H2;1H/t10-;/m1./s1. The Morgan fingerprint density at radius 2 is 2.13 bits per heavy atom. The van der Waals surface area contributed by atoms with Gasteiger partial charge in [-0.15, -0.1) is 12.4 Å². The lowest BCUT2D eigenvalue weighted by Crippen LogP contribution is -2.12. The second kappa shape index (κ2) is 5.61. The molecule has 0 amide bonds. The summed E-state index contributed by atoms with van der Waals surface area (Å²) < 4.78 is 0.971. The van der Waals surface area contributed by atoms with Crippen molar-refractivity contribution < 1.29 is 0 Å². The van der Waals surface area contributed by atoms with Crippen LogP contribution in [-0.4, -0.2) is 4.98 Å². The molecule has 15 heavy (non-hydrogen) atoms. The van der Waals surface area contributed by atoms with Gasteiger partial charge in [0.25, 0.3) is 0 Å². The number of pyridine rings is 1. The highest BCUT2D eigenvalue weighted by Crippen LogP contribution is 2.20. The highest BCUT2D eigenvalue weighted by molar-refractivity contribution is 9.10. The van der Waals surface area contributed by atoms with Crippen molar-refractivity contribution in [3.05, 3.63) is 50.9 Å². The van der Waals surface area contributed by atoms with Crippen LogP contribution in [0.5, 0.6) is 0 Å². The third-order valence-corrected chi connectivity index (χ3v) is 3.14. The number of hydrogen-bond donors (Lipinski definition) is 1. The van der Waals surface area contributed by atoms with Crippen LogP contribution in [0.1, 0.15) is 17.3 Å². The van der Waals surface area contributed by atoms with Gasteiger partial charge in [0.2, 0.25) is 0 Å². The number of aromatic nitrogens is 1. The second-order valence-electron chi connectivity index (χ2n) is 2.94. The van der Waals surface area contributed by atoms with Crippen LogP contribution in [0.15, 0.2) is 39.6 Å².